The number of oxazole rings is 1. The molecule has 0 N–H and O–H groups in total. The molecule has 4 heteroatoms. The van der Waals surface area contributed by atoms with Crippen LogP contribution in [0.15, 0.2) is 71.1 Å². The summed E-state index contributed by atoms with van der Waals surface area (Å²) in [6.45, 7) is 2.19. The van der Waals surface area contributed by atoms with E-state index in [1.54, 1.807) is 0 Å². The number of aryl methyl sites for hydroxylation is 2. The standard InChI is InChI=1S/C28H28N3O/c1-19-17-18-24-26(29-27(32-24)20-11-5-3-6-12-20)25(19)28-30(2)22-15-9-10-16-23(22)31(28)21-13-7-4-8-14-21/h3,5-6,9-12,15-18,21H,4,7-8,13-14H2,1-2H3/q+1. The zero-order valence-corrected chi connectivity index (χ0v) is 18.7. The Kier molecular flexibility index (Phi) is 4.60. The van der Waals surface area contributed by atoms with Gasteiger partial charge in [0.2, 0.25) is 5.89 Å². The van der Waals surface area contributed by atoms with Crippen LogP contribution in [0.1, 0.15) is 43.7 Å². The summed E-state index contributed by atoms with van der Waals surface area (Å²) in [6, 6.07) is 23.7. The van der Waals surface area contributed by atoms with E-state index in [1.165, 1.54) is 60.1 Å². The van der Waals surface area contributed by atoms with E-state index in [-0.39, 0.29) is 0 Å². The second-order valence-electron chi connectivity index (χ2n) is 9.02. The smallest absolute Gasteiger partial charge is 0.292 e. The van der Waals surface area contributed by atoms with E-state index >= 15 is 0 Å². The number of fused-ring (bicyclic) bond motifs is 2. The fraction of sp³-hybridized carbons (Fsp3) is 0.286. The maximum atomic E-state index is 6.24. The summed E-state index contributed by atoms with van der Waals surface area (Å²) in [6.07, 6.45) is 6.40. The van der Waals surface area contributed by atoms with Crippen molar-refractivity contribution in [3.63, 3.8) is 0 Å². The third kappa shape index (κ3) is 2.97. The van der Waals surface area contributed by atoms with Crippen molar-refractivity contribution in [3.05, 3.63) is 72.3 Å². The van der Waals surface area contributed by atoms with Gasteiger partial charge < -0.3 is 4.42 Å². The van der Waals surface area contributed by atoms with Crippen molar-refractivity contribution in [2.24, 2.45) is 7.05 Å². The number of rotatable bonds is 3. The molecule has 32 heavy (non-hydrogen) atoms. The Morgan fingerprint density at radius 2 is 1.66 bits per heavy atom. The molecule has 1 aliphatic carbocycles. The molecule has 0 radical (unpaired) electrons. The molecule has 1 saturated carbocycles. The van der Waals surface area contributed by atoms with Gasteiger partial charge in [0.05, 0.1) is 12.6 Å². The number of nitrogens with zero attached hydrogens (tertiary/aromatic N) is 3. The highest BCUT2D eigenvalue weighted by atomic mass is 16.3. The molecule has 0 saturated heterocycles. The molecule has 0 unspecified atom stereocenters. The van der Waals surface area contributed by atoms with E-state index in [2.05, 4.69) is 71.6 Å². The molecule has 0 amide bonds. The van der Waals surface area contributed by atoms with E-state index in [9.17, 15) is 0 Å². The van der Waals surface area contributed by atoms with Gasteiger partial charge in [-0.15, -0.1) is 0 Å². The van der Waals surface area contributed by atoms with Gasteiger partial charge in [-0.05, 0) is 68.5 Å². The first-order valence-corrected chi connectivity index (χ1v) is 11.7. The number of benzene rings is 3. The average Bonchev–Trinajstić information content (AvgIpc) is 3.40. The predicted molar refractivity (Wildman–Crippen MR) is 128 cm³/mol. The Morgan fingerprint density at radius 1 is 0.906 bits per heavy atom. The summed E-state index contributed by atoms with van der Waals surface area (Å²) in [7, 11) is 2.19. The lowest BCUT2D eigenvalue weighted by Crippen LogP contribution is -2.31. The lowest BCUT2D eigenvalue weighted by atomic mass is 9.94. The molecule has 0 atom stereocenters. The highest BCUT2D eigenvalue weighted by molar-refractivity contribution is 5.93. The van der Waals surface area contributed by atoms with Crippen LogP contribution in [0.25, 0.3) is 45.0 Å². The molecule has 0 bridgehead atoms. The fourth-order valence-corrected chi connectivity index (χ4v) is 5.42. The first-order chi connectivity index (χ1) is 15.7. The Hall–Kier alpha value is -3.40. The van der Waals surface area contributed by atoms with Gasteiger partial charge in [0, 0.05) is 5.56 Å². The molecule has 5 aromatic rings. The summed E-state index contributed by atoms with van der Waals surface area (Å²) in [4.78, 5) is 5.02. The Labute approximate surface area is 188 Å². The molecular weight excluding hydrogens is 394 g/mol. The van der Waals surface area contributed by atoms with E-state index in [0.29, 0.717) is 11.9 Å². The van der Waals surface area contributed by atoms with Crippen molar-refractivity contribution in [1.82, 2.24) is 9.55 Å². The van der Waals surface area contributed by atoms with Gasteiger partial charge in [-0.1, -0.05) is 42.8 Å². The molecule has 0 aliphatic heterocycles. The topological polar surface area (TPSA) is 34.8 Å². The molecule has 160 valence electrons. The minimum atomic E-state index is 0.514. The number of hydrogen-bond donors (Lipinski definition) is 0. The minimum absolute atomic E-state index is 0.514. The molecule has 4 nitrogen and oxygen atoms in total. The molecule has 1 fully saturated rings. The number of hydrogen-bond acceptors (Lipinski definition) is 2. The summed E-state index contributed by atoms with van der Waals surface area (Å²) in [5.41, 5.74) is 7.75. The van der Waals surface area contributed by atoms with Crippen molar-refractivity contribution in [3.8, 4) is 22.8 Å². The minimum Gasteiger partial charge on any atom is -0.436 e. The number of aromatic nitrogens is 3. The largest absolute Gasteiger partial charge is 0.436 e. The lowest BCUT2D eigenvalue weighted by molar-refractivity contribution is -0.634. The summed E-state index contributed by atoms with van der Waals surface area (Å²) >= 11 is 0. The first kappa shape index (κ1) is 19.3. The number of imidazole rings is 1. The second kappa shape index (κ2) is 7.63. The SMILES string of the molecule is Cc1ccc2oc(-c3ccccc3)nc2c1-c1n(C2CCCCC2)c2ccccc2[n+]1C. The van der Waals surface area contributed by atoms with E-state index in [1.807, 2.05) is 18.2 Å². The van der Waals surface area contributed by atoms with Crippen molar-refractivity contribution >= 4 is 22.1 Å². The summed E-state index contributed by atoms with van der Waals surface area (Å²) in [5.74, 6) is 1.91. The highest BCUT2D eigenvalue weighted by Gasteiger charge is 2.33. The van der Waals surface area contributed by atoms with Crippen LogP contribution in [0.4, 0.5) is 0 Å². The second-order valence-corrected chi connectivity index (χ2v) is 9.02. The van der Waals surface area contributed by atoms with Crippen LogP contribution in [0.3, 0.4) is 0 Å². The highest BCUT2D eigenvalue weighted by Crippen LogP contribution is 2.39. The van der Waals surface area contributed by atoms with Gasteiger partial charge in [0.25, 0.3) is 5.82 Å². The maximum Gasteiger partial charge on any atom is 0.292 e. The van der Waals surface area contributed by atoms with E-state index in [4.69, 9.17) is 9.40 Å². The van der Waals surface area contributed by atoms with Gasteiger partial charge in [-0.25, -0.2) is 14.1 Å². The molecule has 6 rings (SSSR count). The monoisotopic (exact) mass is 422 g/mol. The first-order valence-electron chi connectivity index (χ1n) is 11.7. The lowest BCUT2D eigenvalue weighted by Gasteiger charge is -2.21. The summed E-state index contributed by atoms with van der Waals surface area (Å²) < 4.78 is 11.2. The van der Waals surface area contributed by atoms with Crippen molar-refractivity contribution < 1.29 is 8.98 Å². The van der Waals surface area contributed by atoms with Gasteiger partial charge in [0.1, 0.15) is 11.6 Å². The third-order valence-electron chi connectivity index (χ3n) is 7.00. The van der Waals surface area contributed by atoms with Crippen LogP contribution in [-0.4, -0.2) is 9.55 Å². The summed E-state index contributed by atoms with van der Waals surface area (Å²) in [5, 5.41) is 0. The number of para-hydroxylation sites is 2. The fourth-order valence-electron chi connectivity index (χ4n) is 5.42. The quantitative estimate of drug-likeness (QED) is 0.301. The Balaban J connectivity index is 1.65. The molecule has 0 spiro atoms. The van der Waals surface area contributed by atoms with Crippen molar-refractivity contribution in [2.75, 3.05) is 0 Å². The van der Waals surface area contributed by atoms with Gasteiger partial charge >= 0.3 is 0 Å². The zero-order valence-electron chi connectivity index (χ0n) is 18.7. The van der Waals surface area contributed by atoms with Gasteiger partial charge in [-0.2, -0.15) is 0 Å². The van der Waals surface area contributed by atoms with Crippen LogP contribution >= 0.6 is 0 Å². The molecule has 3 aromatic carbocycles. The van der Waals surface area contributed by atoms with E-state index < -0.39 is 0 Å². The normalized spacial score (nSPS) is 15.1. The van der Waals surface area contributed by atoms with Crippen LogP contribution in [0, 0.1) is 6.92 Å². The van der Waals surface area contributed by atoms with Gasteiger partial charge in [-0.3, -0.25) is 0 Å². The van der Waals surface area contributed by atoms with Gasteiger partial charge in [0.15, 0.2) is 16.6 Å². The van der Waals surface area contributed by atoms with E-state index in [0.717, 1.165) is 16.7 Å². The maximum absolute atomic E-state index is 6.24. The average molecular weight is 423 g/mol. The van der Waals surface area contributed by atoms with Crippen LogP contribution in [0.5, 0.6) is 0 Å². The molecule has 2 aromatic heterocycles. The zero-order chi connectivity index (χ0) is 21.7. The van der Waals surface area contributed by atoms with Crippen LogP contribution in [-0.2, 0) is 7.05 Å². The third-order valence-corrected chi connectivity index (χ3v) is 7.00. The molecule has 2 heterocycles. The van der Waals surface area contributed by atoms with Crippen LogP contribution in [0.2, 0.25) is 0 Å². The molecular formula is C28H28N3O+. The van der Waals surface area contributed by atoms with Crippen LogP contribution < -0.4 is 4.57 Å². The van der Waals surface area contributed by atoms with Crippen molar-refractivity contribution in [2.45, 2.75) is 45.1 Å². The molecule has 1 aliphatic rings. The van der Waals surface area contributed by atoms with Crippen molar-refractivity contribution in [1.29, 1.82) is 0 Å². The Bertz CT molecular complexity index is 1420. The Morgan fingerprint density at radius 3 is 2.47 bits per heavy atom. The predicted octanol–water partition coefficient (Wildman–Crippen LogP) is 6.75.